The lowest BCUT2D eigenvalue weighted by molar-refractivity contribution is 0.111. The van der Waals surface area contributed by atoms with Crippen molar-refractivity contribution in [3.63, 3.8) is 0 Å². The SMILES string of the molecule is COc1ccccc1-n1nnc(C=O)c1-c1ccco1. The summed E-state index contributed by atoms with van der Waals surface area (Å²) in [5.41, 5.74) is 1.39. The van der Waals surface area contributed by atoms with E-state index >= 15 is 0 Å². The topological polar surface area (TPSA) is 70.2 Å². The minimum Gasteiger partial charge on any atom is -0.494 e. The predicted molar refractivity (Wildman–Crippen MR) is 71.0 cm³/mol. The summed E-state index contributed by atoms with van der Waals surface area (Å²) in [6.45, 7) is 0. The third-order valence-corrected chi connectivity index (χ3v) is 2.88. The molecule has 2 heterocycles. The van der Waals surface area contributed by atoms with Crippen molar-refractivity contribution in [3.8, 4) is 22.9 Å². The molecule has 0 aliphatic heterocycles. The van der Waals surface area contributed by atoms with Crippen LogP contribution in [-0.4, -0.2) is 28.4 Å². The van der Waals surface area contributed by atoms with Gasteiger partial charge in [-0.05, 0) is 24.3 Å². The van der Waals surface area contributed by atoms with Crippen molar-refractivity contribution >= 4 is 6.29 Å². The minimum absolute atomic E-state index is 0.214. The zero-order valence-corrected chi connectivity index (χ0v) is 10.7. The molecule has 20 heavy (non-hydrogen) atoms. The van der Waals surface area contributed by atoms with E-state index in [0.717, 1.165) is 0 Å². The van der Waals surface area contributed by atoms with Gasteiger partial charge in [-0.3, -0.25) is 4.79 Å². The summed E-state index contributed by atoms with van der Waals surface area (Å²) in [7, 11) is 1.57. The molecule has 1 aromatic carbocycles. The van der Waals surface area contributed by atoms with Gasteiger partial charge in [0, 0.05) is 0 Å². The van der Waals surface area contributed by atoms with Crippen LogP contribution in [0.4, 0.5) is 0 Å². The number of hydrogen-bond acceptors (Lipinski definition) is 5. The van der Waals surface area contributed by atoms with Crippen molar-refractivity contribution in [2.45, 2.75) is 0 Å². The van der Waals surface area contributed by atoms with Crippen LogP contribution in [0.3, 0.4) is 0 Å². The van der Waals surface area contributed by atoms with Gasteiger partial charge in [0.15, 0.2) is 17.7 Å². The molecule has 0 aliphatic rings. The second-order valence-corrected chi connectivity index (χ2v) is 4.00. The lowest BCUT2D eigenvalue weighted by Crippen LogP contribution is -2.02. The van der Waals surface area contributed by atoms with Gasteiger partial charge in [0.2, 0.25) is 0 Å². The Kier molecular flexibility index (Phi) is 3.04. The lowest BCUT2D eigenvalue weighted by atomic mass is 10.2. The fourth-order valence-corrected chi connectivity index (χ4v) is 1.99. The molecule has 0 saturated heterocycles. The monoisotopic (exact) mass is 269 g/mol. The first-order chi connectivity index (χ1) is 9.85. The van der Waals surface area contributed by atoms with E-state index in [1.807, 2.05) is 24.3 Å². The van der Waals surface area contributed by atoms with Crippen LogP contribution in [0.25, 0.3) is 17.1 Å². The van der Waals surface area contributed by atoms with E-state index < -0.39 is 0 Å². The van der Waals surface area contributed by atoms with E-state index in [0.29, 0.717) is 29.2 Å². The zero-order chi connectivity index (χ0) is 13.9. The van der Waals surface area contributed by atoms with Gasteiger partial charge >= 0.3 is 0 Å². The minimum atomic E-state index is 0.214. The molecule has 0 unspecified atom stereocenters. The zero-order valence-electron chi connectivity index (χ0n) is 10.7. The fourth-order valence-electron chi connectivity index (χ4n) is 1.99. The van der Waals surface area contributed by atoms with Gasteiger partial charge in [0.05, 0.1) is 13.4 Å². The first-order valence-corrected chi connectivity index (χ1v) is 5.93. The van der Waals surface area contributed by atoms with Gasteiger partial charge in [-0.1, -0.05) is 17.3 Å². The Labute approximate surface area is 114 Å². The number of rotatable bonds is 4. The summed E-state index contributed by atoms with van der Waals surface area (Å²) in [6.07, 6.45) is 2.18. The quantitative estimate of drug-likeness (QED) is 0.680. The van der Waals surface area contributed by atoms with Crippen molar-refractivity contribution in [3.05, 3.63) is 48.4 Å². The number of para-hydroxylation sites is 2. The maximum atomic E-state index is 11.1. The Morgan fingerprint density at radius 1 is 1.25 bits per heavy atom. The van der Waals surface area contributed by atoms with Crippen LogP contribution in [0.5, 0.6) is 5.75 Å². The first kappa shape index (κ1) is 12.2. The molecule has 0 aliphatic carbocycles. The molecule has 0 atom stereocenters. The highest BCUT2D eigenvalue weighted by atomic mass is 16.5. The normalized spacial score (nSPS) is 10.4. The average molecular weight is 269 g/mol. The molecule has 0 spiro atoms. The lowest BCUT2D eigenvalue weighted by Gasteiger charge is -2.09. The number of furan rings is 1. The van der Waals surface area contributed by atoms with Crippen molar-refractivity contribution in [1.29, 1.82) is 0 Å². The average Bonchev–Trinajstić information content (AvgIpc) is 3.15. The van der Waals surface area contributed by atoms with Crippen LogP contribution in [0, 0.1) is 0 Å². The Morgan fingerprint density at radius 2 is 2.10 bits per heavy atom. The smallest absolute Gasteiger partial charge is 0.172 e. The summed E-state index contributed by atoms with van der Waals surface area (Å²) in [4.78, 5) is 11.1. The molecule has 0 N–H and O–H groups in total. The number of carbonyl (C=O) groups excluding carboxylic acids is 1. The molecule has 0 fully saturated rings. The Balaban J connectivity index is 2.25. The number of hydrogen-bond donors (Lipinski definition) is 0. The highest BCUT2D eigenvalue weighted by Crippen LogP contribution is 2.29. The number of methoxy groups -OCH3 is 1. The van der Waals surface area contributed by atoms with Gasteiger partial charge in [0.25, 0.3) is 0 Å². The van der Waals surface area contributed by atoms with Gasteiger partial charge in [-0.2, -0.15) is 0 Å². The van der Waals surface area contributed by atoms with Crippen molar-refractivity contribution < 1.29 is 13.9 Å². The van der Waals surface area contributed by atoms with E-state index in [9.17, 15) is 4.79 Å². The Hall–Kier alpha value is -2.89. The summed E-state index contributed by atoms with van der Waals surface area (Å²) >= 11 is 0. The van der Waals surface area contributed by atoms with Gasteiger partial charge in [0.1, 0.15) is 17.1 Å². The van der Waals surface area contributed by atoms with Crippen molar-refractivity contribution in [2.75, 3.05) is 7.11 Å². The Morgan fingerprint density at radius 3 is 2.80 bits per heavy atom. The number of aldehydes is 1. The summed E-state index contributed by atoms with van der Waals surface area (Å²) in [5, 5.41) is 7.89. The largest absolute Gasteiger partial charge is 0.494 e. The van der Waals surface area contributed by atoms with E-state index in [-0.39, 0.29) is 5.69 Å². The van der Waals surface area contributed by atoms with Crippen LogP contribution in [0.2, 0.25) is 0 Å². The third kappa shape index (κ3) is 1.87. The molecule has 3 rings (SSSR count). The van der Waals surface area contributed by atoms with E-state index in [1.54, 1.807) is 19.2 Å². The van der Waals surface area contributed by atoms with Crippen LogP contribution in [0.15, 0.2) is 47.1 Å². The molecule has 6 nitrogen and oxygen atoms in total. The maximum Gasteiger partial charge on any atom is 0.172 e. The number of carbonyl (C=O) groups is 1. The summed E-state index contributed by atoms with van der Waals surface area (Å²) in [5.74, 6) is 1.14. The number of aromatic nitrogens is 3. The number of nitrogens with zero attached hydrogens (tertiary/aromatic N) is 3. The van der Waals surface area contributed by atoms with Crippen molar-refractivity contribution in [1.82, 2.24) is 15.0 Å². The molecule has 0 radical (unpaired) electrons. The number of benzene rings is 1. The van der Waals surface area contributed by atoms with E-state index in [1.165, 1.54) is 10.9 Å². The molecule has 0 amide bonds. The van der Waals surface area contributed by atoms with Gasteiger partial charge in [-0.25, -0.2) is 4.68 Å². The van der Waals surface area contributed by atoms with Crippen LogP contribution >= 0.6 is 0 Å². The molecule has 0 saturated carbocycles. The molecular weight excluding hydrogens is 258 g/mol. The molecule has 2 aromatic heterocycles. The first-order valence-electron chi connectivity index (χ1n) is 5.93. The number of ether oxygens (including phenoxy) is 1. The molecule has 100 valence electrons. The fraction of sp³-hybridized carbons (Fsp3) is 0.0714. The second kappa shape index (κ2) is 5.00. The second-order valence-electron chi connectivity index (χ2n) is 4.00. The summed E-state index contributed by atoms with van der Waals surface area (Å²) in [6, 6.07) is 10.8. The van der Waals surface area contributed by atoms with Gasteiger partial charge < -0.3 is 9.15 Å². The van der Waals surface area contributed by atoms with Crippen LogP contribution in [0.1, 0.15) is 10.5 Å². The third-order valence-electron chi connectivity index (χ3n) is 2.88. The van der Waals surface area contributed by atoms with E-state index in [4.69, 9.17) is 9.15 Å². The van der Waals surface area contributed by atoms with Crippen molar-refractivity contribution in [2.24, 2.45) is 0 Å². The summed E-state index contributed by atoms with van der Waals surface area (Å²) < 4.78 is 12.2. The van der Waals surface area contributed by atoms with Gasteiger partial charge in [-0.15, -0.1) is 5.10 Å². The molecule has 3 aromatic rings. The maximum absolute atomic E-state index is 11.1. The highest BCUT2D eigenvalue weighted by molar-refractivity contribution is 5.82. The Bertz CT molecular complexity index is 732. The van der Waals surface area contributed by atoms with Crippen LogP contribution in [-0.2, 0) is 0 Å². The molecule has 0 bridgehead atoms. The molecule has 6 heteroatoms. The predicted octanol–water partition coefficient (Wildman–Crippen LogP) is 2.35. The highest BCUT2D eigenvalue weighted by Gasteiger charge is 2.19. The van der Waals surface area contributed by atoms with Crippen LogP contribution < -0.4 is 4.74 Å². The van der Waals surface area contributed by atoms with E-state index in [2.05, 4.69) is 10.3 Å². The molecular formula is C14H11N3O3. The standard InChI is InChI=1S/C14H11N3O3/c1-19-12-6-3-2-5-11(12)17-14(10(9-18)15-16-17)13-7-4-8-20-13/h2-9H,1H3.